The molecule has 5 aliphatic heterocycles. The predicted octanol–water partition coefficient (Wildman–Crippen LogP) is 7.98. The van der Waals surface area contributed by atoms with Gasteiger partial charge in [0.25, 0.3) is 11.5 Å². The third-order valence-electron chi connectivity index (χ3n) is 16.4. The molecule has 1 aliphatic carbocycles. The maximum atomic E-state index is 15.9. The van der Waals surface area contributed by atoms with Gasteiger partial charge in [0.05, 0.1) is 42.4 Å². The number of rotatable bonds is 11. The minimum Gasteiger partial charge on any atom is -0.386 e. The summed E-state index contributed by atoms with van der Waals surface area (Å²) in [4.78, 5) is 76.9. The van der Waals surface area contributed by atoms with Gasteiger partial charge in [0.1, 0.15) is 11.6 Å². The van der Waals surface area contributed by atoms with E-state index in [9.17, 15) is 28.4 Å². The number of carbonyl (C=O) groups is 4. The predicted molar refractivity (Wildman–Crippen MR) is 278 cm³/mol. The van der Waals surface area contributed by atoms with Crippen LogP contribution in [0.25, 0.3) is 17.3 Å². The largest absolute Gasteiger partial charge is 0.503 e. The Bertz CT molecular complexity index is 3050. The third kappa shape index (κ3) is 10.4. The highest BCUT2D eigenvalue weighted by atomic mass is 19.1. The normalized spacial score (nSPS) is 23.6. The SMILES string of the molecule is CNc1cc(=O)n(-c2ccnc3c2C=C(CN2CC=C(c4c(F)cc(C(=O)N5CCC(CN6CCCC(Cc7ccc8c(c7)N(C)C(=O)/[N+]8=C\C7CCC(=O)NC7=O)C[C@@H]6C)CC5)cc4F)CC2)C(C)C3)cc1F. The van der Waals surface area contributed by atoms with Gasteiger partial charge in [-0.3, -0.25) is 38.9 Å². The van der Waals surface area contributed by atoms with Gasteiger partial charge in [0.2, 0.25) is 11.8 Å². The minimum absolute atomic E-state index is 0.0206. The molecule has 0 radical (unpaired) electrons. The van der Waals surface area contributed by atoms with E-state index in [1.807, 2.05) is 18.2 Å². The Kier molecular flexibility index (Phi) is 14.6. The molecule has 3 saturated heterocycles. The summed E-state index contributed by atoms with van der Waals surface area (Å²) in [6.45, 7) is 9.05. The van der Waals surface area contributed by atoms with Crippen LogP contribution in [-0.4, -0.2) is 125 Å². The van der Waals surface area contributed by atoms with E-state index in [0.29, 0.717) is 81.1 Å². The van der Waals surface area contributed by atoms with E-state index in [0.717, 1.165) is 85.4 Å². The molecule has 2 aromatic carbocycles. The van der Waals surface area contributed by atoms with Crippen molar-refractivity contribution in [3.8, 4) is 5.69 Å². The first kappa shape index (κ1) is 50.8. The molecular weight excluding hydrogens is 948 g/mol. The number of piperidine rings is 2. The first-order chi connectivity index (χ1) is 35.6. The van der Waals surface area contributed by atoms with Crippen molar-refractivity contribution >= 4 is 58.7 Å². The molecule has 7 heterocycles. The molecule has 6 aliphatic rings. The van der Waals surface area contributed by atoms with Gasteiger partial charge in [0.15, 0.2) is 17.2 Å². The second kappa shape index (κ2) is 21.3. The van der Waals surface area contributed by atoms with E-state index in [4.69, 9.17) is 0 Å². The molecule has 74 heavy (non-hydrogen) atoms. The minimum atomic E-state index is -0.739. The lowest BCUT2D eigenvalue weighted by atomic mass is 9.86. The van der Waals surface area contributed by atoms with Crippen molar-refractivity contribution in [3.05, 3.63) is 122 Å². The Hall–Kier alpha value is -6.72. The first-order valence-corrected chi connectivity index (χ1v) is 26.2. The van der Waals surface area contributed by atoms with E-state index in [1.54, 1.807) is 42.4 Å². The average Bonchev–Trinajstić information content (AvgIpc) is 3.48. The van der Waals surface area contributed by atoms with Crippen LogP contribution in [0.4, 0.5) is 35.0 Å². The van der Waals surface area contributed by atoms with Gasteiger partial charge >= 0.3 is 6.03 Å². The second-order valence-corrected chi connectivity index (χ2v) is 21.3. The zero-order valence-electron chi connectivity index (χ0n) is 42.6. The molecular formula is C57H65F3N9O5+. The maximum absolute atomic E-state index is 15.9. The molecule has 2 N–H and O–H groups in total. The summed E-state index contributed by atoms with van der Waals surface area (Å²) in [6.07, 6.45) is 15.8. The summed E-state index contributed by atoms with van der Waals surface area (Å²) in [5.74, 6) is -2.58. The van der Waals surface area contributed by atoms with Gasteiger partial charge < -0.3 is 15.1 Å². The van der Waals surface area contributed by atoms with Gasteiger partial charge in [-0.05, 0) is 130 Å². The quantitative estimate of drug-likeness (QED) is 0.113. The summed E-state index contributed by atoms with van der Waals surface area (Å²) in [5.41, 5.74) is 6.24. The van der Waals surface area contributed by atoms with Crippen LogP contribution in [0.1, 0.15) is 98.0 Å². The van der Waals surface area contributed by atoms with Crippen molar-refractivity contribution in [1.29, 1.82) is 0 Å². The Morgan fingerprint density at radius 3 is 2.42 bits per heavy atom. The Morgan fingerprint density at radius 2 is 1.69 bits per heavy atom. The number of halogens is 3. The molecule has 0 saturated carbocycles. The van der Waals surface area contributed by atoms with Crippen molar-refractivity contribution in [3.63, 3.8) is 0 Å². The molecule has 4 atom stereocenters. The monoisotopic (exact) mass is 1010 g/mol. The number of likely N-dealkylation sites (tertiary alicyclic amines) is 2. The third-order valence-corrected chi connectivity index (χ3v) is 16.4. The fourth-order valence-corrected chi connectivity index (χ4v) is 12.1. The number of carbonyl (C=O) groups excluding carboxylic acids is 4. The van der Waals surface area contributed by atoms with Crippen molar-refractivity contribution in [2.24, 2.45) is 23.7 Å². The topological polar surface area (TPSA) is 143 Å². The number of nitrogens with zero attached hydrogens (tertiary/aromatic N) is 7. The highest BCUT2D eigenvalue weighted by Gasteiger charge is 2.41. The number of benzene rings is 2. The lowest BCUT2D eigenvalue weighted by Crippen LogP contribution is -2.43. The Balaban J connectivity index is 0.713. The van der Waals surface area contributed by atoms with Gasteiger partial charge in [-0.25, -0.2) is 13.2 Å². The highest BCUT2D eigenvalue weighted by molar-refractivity contribution is 6.06. The van der Waals surface area contributed by atoms with Crippen LogP contribution in [0, 0.1) is 41.1 Å². The molecule has 17 heteroatoms. The summed E-state index contributed by atoms with van der Waals surface area (Å²) >= 11 is 0. The number of hydrogen-bond acceptors (Lipinski definition) is 9. The number of imide groups is 1. The van der Waals surface area contributed by atoms with E-state index in [-0.39, 0.29) is 58.5 Å². The molecule has 3 unspecified atom stereocenters. The van der Waals surface area contributed by atoms with E-state index >= 15 is 8.78 Å². The zero-order chi connectivity index (χ0) is 51.9. The molecule has 3 fully saturated rings. The number of amides is 5. The number of anilines is 2. The number of hydrogen-bond donors (Lipinski definition) is 2. The summed E-state index contributed by atoms with van der Waals surface area (Å²) in [7, 11) is 3.31. The number of aromatic nitrogens is 2. The van der Waals surface area contributed by atoms with Crippen LogP contribution >= 0.6 is 0 Å². The molecule has 4 aromatic rings. The van der Waals surface area contributed by atoms with Crippen LogP contribution in [0.3, 0.4) is 0 Å². The highest BCUT2D eigenvalue weighted by Crippen LogP contribution is 2.39. The van der Waals surface area contributed by atoms with Gasteiger partial charge in [-0.1, -0.05) is 30.7 Å². The maximum Gasteiger partial charge on any atom is 0.503 e. The Labute approximate surface area is 429 Å². The summed E-state index contributed by atoms with van der Waals surface area (Å²) < 4.78 is 49.5. The Morgan fingerprint density at radius 1 is 0.905 bits per heavy atom. The van der Waals surface area contributed by atoms with Crippen LogP contribution in [0.5, 0.6) is 0 Å². The lowest BCUT2D eigenvalue weighted by Gasteiger charge is -2.37. The fraction of sp³-hybridized carbons (Fsp3) is 0.456. The summed E-state index contributed by atoms with van der Waals surface area (Å²) in [6, 6.07) is 11.6. The van der Waals surface area contributed by atoms with Gasteiger partial charge in [-0.15, -0.1) is 0 Å². The molecule has 14 nitrogen and oxygen atoms in total. The first-order valence-electron chi connectivity index (χ1n) is 26.2. The van der Waals surface area contributed by atoms with Crippen LogP contribution < -0.4 is 21.1 Å². The molecule has 5 amide bonds. The van der Waals surface area contributed by atoms with Crippen molar-refractivity contribution in [2.75, 3.05) is 70.1 Å². The smallest absolute Gasteiger partial charge is 0.386 e. The zero-order valence-corrected chi connectivity index (χ0v) is 42.6. The molecule has 10 rings (SSSR count). The number of nitrogens with one attached hydrogen (secondary N) is 2. The van der Waals surface area contributed by atoms with E-state index in [2.05, 4.69) is 51.4 Å². The average molecular weight is 1010 g/mol. The standard InChI is InChI=1S/C57H64F3N9O5/c1-34-22-47-43(49(11-16-62-47)68-33-46(60)48(61-3)29-53(68)71)26-42(34)31-65-18-14-39(15-19-65)54-44(58)27-41(28-45(54)59)56(73)66-20-12-36(13-21-66)30-67-17-5-6-37(23-35(67)2)24-38-7-9-50-51(25-38)64(4)57(74)69(50)32-40-8-10-52(70)63-55(40)72/h7,9,11,14,16,25-29,32-37,40H,5-6,8,10,12-13,15,17-24,30-31H2,1-4H3,(H-,61,63,70,71,72)/p+1/b69-32-/t34?,35-,37?,40?/m0/s1. The van der Waals surface area contributed by atoms with Crippen molar-refractivity contribution < 1.29 is 36.9 Å². The molecule has 0 bridgehead atoms. The van der Waals surface area contributed by atoms with Crippen LogP contribution in [-0.2, 0) is 22.4 Å². The molecule has 2 aromatic heterocycles. The van der Waals surface area contributed by atoms with Gasteiger partial charge in [0, 0.05) is 87.7 Å². The van der Waals surface area contributed by atoms with Gasteiger partial charge in [-0.2, -0.15) is 14.3 Å². The fourth-order valence-electron chi connectivity index (χ4n) is 12.1. The lowest BCUT2D eigenvalue weighted by molar-refractivity contribution is -0.319. The van der Waals surface area contributed by atoms with E-state index < -0.39 is 23.4 Å². The second-order valence-electron chi connectivity index (χ2n) is 21.3. The summed E-state index contributed by atoms with van der Waals surface area (Å²) in [5, 5.41) is 5.08. The molecule has 388 valence electrons. The van der Waals surface area contributed by atoms with E-state index in [1.165, 1.54) is 33.5 Å². The van der Waals surface area contributed by atoms with Crippen LogP contribution in [0.2, 0.25) is 0 Å². The van der Waals surface area contributed by atoms with Crippen LogP contribution in [0.15, 0.2) is 71.3 Å². The van der Waals surface area contributed by atoms with Crippen molar-refractivity contribution in [1.82, 2.24) is 29.6 Å². The number of urea groups is 1. The number of pyridine rings is 2. The molecule has 0 spiro atoms. The number of fused-ring (bicyclic) bond motifs is 2. The van der Waals surface area contributed by atoms with Crippen molar-refractivity contribution in [2.45, 2.75) is 84.1 Å².